The molecule has 0 bridgehead atoms. The van der Waals surface area contributed by atoms with E-state index in [1.807, 2.05) is 36.4 Å². The number of benzene rings is 2. The minimum atomic E-state index is -0.370. The summed E-state index contributed by atoms with van der Waals surface area (Å²) in [6.45, 7) is 0. The van der Waals surface area contributed by atoms with E-state index in [0.29, 0.717) is 22.1 Å². The van der Waals surface area contributed by atoms with Crippen molar-refractivity contribution in [3.05, 3.63) is 57.4 Å². The Morgan fingerprint density at radius 3 is 2.58 bits per heavy atom. The first-order valence-electron chi connectivity index (χ1n) is 5.77. The van der Waals surface area contributed by atoms with E-state index in [-0.39, 0.29) is 5.63 Å². The SMILES string of the molecule is O=c1oc2ccccc2c2oc3ccc(Br)cc3c12. The summed E-state index contributed by atoms with van der Waals surface area (Å²) in [7, 11) is 0. The van der Waals surface area contributed by atoms with Gasteiger partial charge in [-0.1, -0.05) is 28.1 Å². The molecule has 0 aliphatic rings. The average Bonchev–Trinajstić information content (AvgIpc) is 2.78. The van der Waals surface area contributed by atoms with Gasteiger partial charge in [0, 0.05) is 9.86 Å². The molecule has 3 nitrogen and oxygen atoms in total. The van der Waals surface area contributed by atoms with Crippen LogP contribution < -0.4 is 5.63 Å². The highest BCUT2D eigenvalue weighted by atomic mass is 79.9. The first kappa shape index (κ1) is 10.8. The van der Waals surface area contributed by atoms with Crippen LogP contribution in [0.25, 0.3) is 32.9 Å². The Morgan fingerprint density at radius 1 is 0.895 bits per heavy atom. The van der Waals surface area contributed by atoms with Gasteiger partial charge in [-0.2, -0.15) is 0 Å². The quantitative estimate of drug-likeness (QED) is 0.450. The lowest BCUT2D eigenvalue weighted by atomic mass is 10.1. The van der Waals surface area contributed by atoms with Crippen molar-refractivity contribution in [2.24, 2.45) is 0 Å². The Kier molecular flexibility index (Phi) is 2.11. The summed E-state index contributed by atoms with van der Waals surface area (Å²) in [5.41, 5.74) is 1.44. The summed E-state index contributed by atoms with van der Waals surface area (Å²) in [5, 5.41) is 2.07. The second-order valence-corrected chi connectivity index (χ2v) is 5.25. The molecule has 92 valence electrons. The fraction of sp³-hybridized carbons (Fsp3) is 0. The Hall–Kier alpha value is -2.07. The Labute approximate surface area is 115 Å². The van der Waals surface area contributed by atoms with Crippen LogP contribution in [0.3, 0.4) is 0 Å². The maximum absolute atomic E-state index is 12.1. The average molecular weight is 315 g/mol. The number of fused-ring (bicyclic) bond motifs is 5. The number of para-hydroxylation sites is 1. The smallest absolute Gasteiger partial charge is 0.348 e. The predicted molar refractivity (Wildman–Crippen MR) is 77.5 cm³/mol. The van der Waals surface area contributed by atoms with E-state index < -0.39 is 0 Å². The van der Waals surface area contributed by atoms with Crippen LogP contribution >= 0.6 is 15.9 Å². The van der Waals surface area contributed by atoms with Crippen molar-refractivity contribution >= 4 is 48.8 Å². The van der Waals surface area contributed by atoms with Crippen molar-refractivity contribution in [2.45, 2.75) is 0 Å². The van der Waals surface area contributed by atoms with Crippen molar-refractivity contribution in [1.29, 1.82) is 0 Å². The molecule has 2 aromatic heterocycles. The molecule has 0 radical (unpaired) electrons. The molecule has 4 aromatic rings. The third-order valence-corrected chi connectivity index (χ3v) is 3.68. The summed E-state index contributed by atoms with van der Waals surface area (Å²) in [5.74, 6) is 0. The third-order valence-electron chi connectivity index (χ3n) is 3.19. The molecular formula is C15H7BrO3. The molecule has 0 aliphatic heterocycles. The van der Waals surface area contributed by atoms with Crippen LogP contribution in [0.4, 0.5) is 0 Å². The molecule has 2 aromatic carbocycles. The highest BCUT2D eigenvalue weighted by Crippen LogP contribution is 2.32. The molecule has 0 saturated heterocycles. The molecule has 0 aliphatic carbocycles. The van der Waals surface area contributed by atoms with Gasteiger partial charge in [-0.15, -0.1) is 0 Å². The zero-order valence-corrected chi connectivity index (χ0v) is 11.2. The predicted octanol–water partition coefficient (Wildman–Crippen LogP) is 4.45. The van der Waals surface area contributed by atoms with Crippen LogP contribution in [0, 0.1) is 0 Å². The topological polar surface area (TPSA) is 43.4 Å². The first-order valence-corrected chi connectivity index (χ1v) is 6.57. The van der Waals surface area contributed by atoms with Crippen LogP contribution in [0.5, 0.6) is 0 Å². The van der Waals surface area contributed by atoms with E-state index in [0.717, 1.165) is 15.2 Å². The number of furan rings is 1. The van der Waals surface area contributed by atoms with E-state index >= 15 is 0 Å². The van der Waals surface area contributed by atoms with E-state index in [1.54, 1.807) is 6.07 Å². The van der Waals surface area contributed by atoms with Crippen molar-refractivity contribution in [1.82, 2.24) is 0 Å². The molecule has 0 fully saturated rings. The zero-order chi connectivity index (χ0) is 13.0. The molecule has 0 atom stereocenters. The summed E-state index contributed by atoms with van der Waals surface area (Å²) in [6.07, 6.45) is 0. The fourth-order valence-electron chi connectivity index (χ4n) is 2.36. The van der Waals surface area contributed by atoms with Gasteiger partial charge < -0.3 is 8.83 Å². The van der Waals surface area contributed by atoms with Gasteiger partial charge in [0.2, 0.25) is 0 Å². The molecule has 4 heteroatoms. The molecule has 0 amide bonds. The van der Waals surface area contributed by atoms with Crippen molar-refractivity contribution < 1.29 is 8.83 Å². The van der Waals surface area contributed by atoms with Crippen LogP contribution in [-0.2, 0) is 0 Å². The molecule has 2 heterocycles. The minimum Gasteiger partial charge on any atom is -0.455 e. The van der Waals surface area contributed by atoms with Gasteiger partial charge >= 0.3 is 5.63 Å². The maximum atomic E-state index is 12.1. The van der Waals surface area contributed by atoms with Crippen molar-refractivity contribution in [3.8, 4) is 0 Å². The van der Waals surface area contributed by atoms with Crippen LogP contribution in [0.15, 0.2) is 60.6 Å². The second kappa shape index (κ2) is 3.71. The lowest BCUT2D eigenvalue weighted by Gasteiger charge is -1.95. The van der Waals surface area contributed by atoms with Crippen LogP contribution in [0.1, 0.15) is 0 Å². The zero-order valence-electron chi connectivity index (χ0n) is 9.64. The van der Waals surface area contributed by atoms with Crippen LogP contribution in [0.2, 0.25) is 0 Å². The highest BCUT2D eigenvalue weighted by molar-refractivity contribution is 9.10. The Morgan fingerprint density at radius 2 is 1.68 bits per heavy atom. The first-order chi connectivity index (χ1) is 9.24. The van der Waals surface area contributed by atoms with Crippen LogP contribution in [-0.4, -0.2) is 0 Å². The molecule has 0 N–H and O–H groups in total. The Balaban J connectivity index is 2.38. The largest absolute Gasteiger partial charge is 0.455 e. The minimum absolute atomic E-state index is 0.370. The van der Waals surface area contributed by atoms with Crippen molar-refractivity contribution in [3.63, 3.8) is 0 Å². The summed E-state index contributed by atoms with van der Waals surface area (Å²) < 4.78 is 12.1. The van der Waals surface area contributed by atoms with Crippen molar-refractivity contribution in [2.75, 3.05) is 0 Å². The summed E-state index contributed by atoms with van der Waals surface area (Å²) in [6, 6.07) is 13.0. The van der Waals surface area contributed by atoms with E-state index in [2.05, 4.69) is 15.9 Å². The molecule has 0 saturated carbocycles. The second-order valence-electron chi connectivity index (χ2n) is 4.33. The van der Waals surface area contributed by atoms with Gasteiger partial charge in [-0.05, 0) is 30.3 Å². The third kappa shape index (κ3) is 1.47. The molecule has 0 unspecified atom stereocenters. The monoisotopic (exact) mass is 314 g/mol. The normalized spacial score (nSPS) is 11.6. The number of hydrogen-bond donors (Lipinski definition) is 0. The summed E-state index contributed by atoms with van der Waals surface area (Å²) >= 11 is 3.40. The van der Waals surface area contributed by atoms with Gasteiger partial charge in [-0.25, -0.2) is 4.79 Å². The number of rotatable bonds is 0. The standard InChI is InChI=1S/C15H7BrO3/c16-8-5-6-12-10(7-8)13-14(18-12)9-3-1-2-4-11(9)19-15(13)17/h1-7H. The van der Waals surface area contributed by atoms with Gasteiger partial charge in [0.05, 0.1) is 5.39 Å². The summed E-state index contributed by atoms with van der Waals surface area (Å²) in [4.78, 5) is 12.1. The van der Waals surface area contributed by atoms with Gasteiger partial charge in [0.15, 0.2) is 5.58 Å². The lowest BCUT2D eigenvalue weighted by Crippen LogP contribution is -1.97. The van der Waals surface area contributed by atoms with Gasteiger partial charge in [0.1, 0.15) is 16.6 Å². The highest BCUT2D eigenvalue weighted by Gasteiger charge is 2.15. The lowest BCUT2D eigenvalue weighted by molar-refractivity contribution is 0.567. The van der Waals surface area contributed by atoms with Gasteiger partial charge in [0.25, 0.3) is 0 Å². The molecule has 4 rings (SSSR count). The van der Waals surface area contributed by atoms with E-state index in [9.17, 15) is 4.79 Å². The number of hydrogen-bond acceptors (Lipinski definition) is 3. The molecule has 0 spiro atoms. The fourth-order valence-corrected chi connectivity index (χ4v) is 2.72. The van der Waals surface area contributed by atoms with E-state index in [1.165, 1.54) is 0 Å². The maximum Gasteiger partial charge on any atom is 0.348 e. The Bertz CT molecular complexity index is 995. The number of halogens is 1. The van der Waals surface area contributed by atoms with Gasteiger partial charge in [-0.3, -0.25) is 0 Å². The van der Waals surface area contributed by atoms with E-state index in [4.69, 9.17) is 8.83 Å². The molecular weight excluding hydrogens is 308 g/mol. The molecule has 19 heavy (non-hydrogen) atoms.